The van der Waals surface area contributed by atoms with E-state index in [1.165, 1.54) is 0 Å². The molecule has 3 N–H and O–H groups in total. The van der Waals surface area contributed by atoms with Gasteiger partial charge in [0.05, 0.1) is 6.10 Å². The number of nitrogens with one attached hydrogen (secondary N) is 2. The second kappa shape index (κ2) is 5.91. The van der Waals surface area contributed by atoms with Gasteiger partial charge in [0, 0.05) is 12.0 Å². The Labute approximate surface area is 119 Å². The van der Waals surface area contributed by atoms with Crippen LogP contribution in [-0.2, 0) is 5.41 Å². The summed E-state index contributed by atoms with van der Waals surface area (Å²) in [6.45, 7) is 6.62. The van der Waals surface area contributed by atoms with Crippen molar-refractivity contribution in [3.63, 3.8) is 0 Å². The molecule has 1 aliphatic rings. The van der Waals surface area contributed by atoms with E-state index in [1.54, 1.807) is 0 Å². The lowest BCUT2D eigenvalue weighted by atomic mass is 9.87. The van der Waals surface area contributed by atoms with Crippen molar-refractivity contribution in [2.75, 3.05) is 6.54 Å². The van der Waals surface area contributed by atoms with Gasteiger partial charge in [0.25, 0.3) is 5.91 Å². The minimum atomic E-state index is -0.253. The summed E-state index contributed by atoms with van der Waals surface area (Å²) in [5, 5.41) is 19.2. The third-order valence-corrected chi connectivity index (χ3v) is 3.71. The first kappa shape index (κ1) is 15.0. The van der Waals surface area contributed by atoms with Crippen molar-refractivity contribution in [2.45, 2.75) is 58.0 Å². The number of aromatic amines is 1. The maximum atomic E-state index is 12.0. The quantitative estimate of drug-likeness (QED) is 0.780. The zero-order chi connectivity index (χ0) is 14.8. The number of carbonyl (C=O) groups is 1. The maximum absolute atomic E-state index is 12.0. The van der Waals surface area contributed by atoms with Crippen LogP contribution in [0.2, 0.25) is 0 Å². The molecule has 1 saturated carbocycles. The summed E-state index contributed by atoms with van der Waals surface area (Å²) in [6.07, 6.45) is 3.50. The molecule has 20 heavy (non-hydrogen) atoms. The van der Waals surface area contributed by atoms with Gasteiger partial charge in [-0.3, -0.25) is 9.89 Å². The molecule has 0 aromatic carbocycles. The van der Waals surface area contributed by atoms with E-state index in [1.807, 2.05) is 20.8 Å². The molecule has 1 aromatic rings. The van der Waals surface area contributed by atoms with Crippen molar-refractivity contribution >= 4 is 5.91 Å². The molecule has 1 aliphatic carbocycles. The van der Waals surface area contributed by atoms with E-state index in [0.29, 0.717) is 18.3 Å². The molecule has 2 unspecified atom stereocenters. The van der Waals surface area contributed by atoms with Crippen LogP contribution in [0.3, 0.4) is 0 Å². The third-order valence-electron chi connectivity index (χ3n) is 3.71. The molecule has 6 nitrogen and oxygen atoms in total. The van der Waals surface area contributed by atoms with E-state index in [4.69, 9.17) is 0 Å². The van der Waals surface area contributed by atoms with Gasteiger partial charge in [-0.25, -0.2) is 4.98 Å². The van der Waals surface area contributed by atoms with Crippen LogP contribution < -0.4 is 5.32 Å². The molecule has 1 amide bonds. The Morgan fingerprint density at radius 3 is 2.80 bits per heavy atom. The third kappa shape index (κ3) is 3.79. The summed E-state index contributed by atoms with van der Waals surface area (Å²) in [5.41, 5.74) is -0.154. The topological polar surface area (TPSA) is 90.9 Å². The van der Waals surface area contributed by atoms with Crippen LogP contribution >= 0.6 is 0 Å². The van der Waals surface area contributed by atoms with Crippen LogP contribution in [0.25, 0.3) is 0 Å². The summed E-state index contributed by atoms with van der Waals surface area (Å²) < 4.78 is 0. The predicted molar refractivity (Wildman–Crippen MR) is 75.4 cm³/mol. The molecular formula is C14H24N4O2. The molecular weight excluding hydrogens is 256 g/mol. The van der Waals surface area contributed by atoms with Gasteiger partial charge in [-0.05, 0) is 25.2 Å². The van der Waals surface area contributed by atoms with Gasteiger partial charge in [0.15, 0.2) is 0 Å². The van der Waals surface area contributed by atoms with Crippen molar-refractivity contribution in [1.82, 2.24) is 20.5 Å². The SMILES string of the molecule is CC(C)(C)c1nc(C(=O)NCC2CCCC(O)C2)n[nH]1. The summed E-state index contributed by atoms with van der Waals surface area (Å²) in [7, 11) is 0. The predicted octanol–water partition coefficient (Wildman–Crippen LogP) is 1.38. The van der Waals surface area contributed by atoms with Crippen LogP contribution in [0, 0.1) is 5.92 Å². The van der Waals surface area contributed by atoms with Crippen LogP contribution in [0.5, 0.6) is 0 Å². The van der Waals surface area contributed by atoms with Gasteiger partial charge in [0.1, 0.15) is 5.82 Å². The molecule has 2 rings (SSSR count). The highest BCUT2D eigenvalue weighted by atomic mass is 16.3. The Bertz CT molecular complexity index is 464. The fraction of sp³-hybridized carbons (Fsp3) is 0.786. The molecule has 1 aromatic heterocycles. The second-order valence-electron chi connectivity index (χ2n) is 6.65. The average Bonchev–Trinajstić information content (AvgIpc) is 2.85. The highest BCUT2D eigenvalue weighted by Crippen LogP contribution is 2.23. The maximum Gasteiger partial charge on any atom is 0.290 e. The molecule has 112 valence electrons. The van der Waals surface area contributed by atoms with E-state index < -0.39 is 0 Å². The minimum Gasteiger partial charge on any atom is -0.393 e. The van der Waals surface area contributed by atoms with Crippen molar-refractivity contribution in [3.05, 3.63) is 11.6 Å². The number of rotatable bonds is 3. The molecule has 0 saturated heterocycles. The lowest BCUT2D eigenvalue weighted by molar-refractivity contribution is 0.0866. The van der Waals surface area contributed by atoms with Gasteiger partial charge >= 0.3 is 0 Å². The number of aliphatic hydroxyl groups excluding tert-OH is 1. The first-order valence-corrected chi connectivity index (χ1v) is 7.25. The lowest BCUT2D eigenvalue weighted by Crippen LogP contribution is -2.33. The van der Waals surface area contributed by atoms with E-state index in [2.05, 4.69) is 20.5 Å². The van der Waals surface area contributed by atoms with Crippen LogP contribution in [0.15, 0.2) is 0 Å². The number of nitrogens with zero attached hydrogens (tertiary/aromatic N) is 2. The van der Waals surface area contributed by atoms with Gasteiger partial charge in [-0.1, -0.05) is 27.2 Å². The van der Waals surface area contributed by atoms with E-state index in [9.17, 15) is 9.90 Å². The largest absolute Gasteiger partial charge is 0.393 e. The van der Waals surface area contributed by atoms with Gasteiger partial charge in [-0.2, -0.15) is 0 Å². The van der Waals surface area contributed by atoms with Crippen molar-refractivity contribution in [1.29, 1.82) is 0 Å². The Kier molecular flexibility index (Phi) is 4.42. The van der Waals surface area contributed by atoms with Crippen LogP contribution in [0.1, 0.15) is 62.9 Å². The fourth-order valence-electron chi connectivity index (χ4n) is 2.46. The van der Waals surface area contributed by atoms with Crippen molar-refractivity contribution in [2.24, 2.45) is 5.92 Å². The molecule has 6 heteroatoms. The second-order valence-corrected chi connectivity index (χ2v) is 6.65. The number of hydrogen-bond donors (Lipinski definition) is 3. The lowest BCUT2D eigenvalue weighted by Gasteiger charge is -2.25. The summed E-state index contributed by atoms with van der Waals surface area (Å²) in [4.78, 5) is 16.2. The Morgan fingerprint density at radius 2 is 2.20 bits per heavy atom. The standard InChI is InChI=1S/C14H24N4O2/c1-14(2,3)13-16-11(17-18-13)12(20)15-8-9-5-4-6-10(19)7-9/h9-10,19H,4-8H2,1-3H3,(H,15,20)(H,16,17,18). The fourth-order valence-corrected chi connectivity index (χ4v) is 2.46. The van der Waals surface area contributed by atoms with Gasteiger partial charge in [0.2, 0.25) is 5.82 Å². The Balaban J connectivity index is 1.87. The van der Waals surface area contributed by atoms with Crippen LogP contribution in [0.4, 0.5) is 0 Å². The average molecular weight is 280 g/mol. The molecule has 1 fully saturated rings. The highest BCUT2D eigenvalue weighted by molar-refractivity contribution is 5.90. The Morgan fingerprint density at radius 1 is 1.45 bits per heavy atom. The van der Waals surface area contributed by atoms with Crippen molar-refractivity contribution < 1.29 is 9.90 Å². The van der Waals surface area contributed by atoms with Gasteiger partial charge < -0.3 is 10.4 Å². The van der Waals surface area contributed by atoms with Crippen molar-refractivity contribution in [3.8, 4) is 0 Å². The zero-order valence-corrected chi connectivity index (χ0v) is 12.4. The molecule has 1 heterocycles. The van der Waals surface area contributed by atoms with E-state index in [-0.39, 0.29) is 23.3 Å². The number of aromatic nitrogens is 3. The molecule has 0 radical (unpaired) electrons. The summed E-state index contributed by atoms with van der Waals surface area (Å²) in [6, 6.07) is 0. The number of aliphatic hydroxyl groups is 1. The first-order chi connectivity index (χ1) is 9.36. The summed E-state index contributed by atoms with van der Waals surface area (Å²) in [5.74, 6) is 0.988. The van der Waals surface area contributed by atoms with Crippen LogP contribution in [-0.4, -0.2) is 38.8 Å². The smallest absolute Gasteiger partial charge is 0.290 e. The van der Waals surface area contributed by atoms with Gasteiger partial charge in [-0.15, -0.1) is 5.10 Å². The van der Waals surface area contributed by atoms with E-state index in [0.717, 1.165) is 25.7 Å². The molecule has 0 aliphatic heterocycles. The normalized spacial score (nSPS) is 23.6. The first-order valence-electron chi connectivity index (χ1n) is 7.25. The number of H-pyrrole nitrogens is 1. The molecule has 0 bridgehead atoms. The summed E-state index contributed by atoms with van der Waals surface area (Å²) >= 11 is 0. The number of carbonyl (C=O) groups excluding carboxylic acids is 1. The monoisotopic (exact) mass is 280 g/mol. The zero-order valence-electron chi connectivity index (χ0n) is 12.4. The Hall–Kier alpha value is -1.43. The number of hydrogen-bond acceptors (Lipinski definition) is 4. The minimum absolute atomic E-state index is 0.154. The molecule has 0 spiro atoms. The number of amides is 1. The van der Waals surface area contributed by atoms with E-state index >= 15 is 0 Å². The highest BCUT2D eigenvalue weighted by Gasteiger charge is 2.23. The molecule has 2 atom stereocenters.